The Balaban J connectivity index is 3.63. The zero-order valence-electron chi connectivity index (χ0n) is 6.17. The van der Waals surface area contributed by atoms with Crippen LogP contribution in [0.4, 0.5) is 5.82 Å². The van der Waals surface area contributed by atoms with Gasteiger partial charge in [-0.15, -0.1) is 0 Å². The van der Waals surface area contributed by atoms with E-state index in [0.29, 0.717) is 9.08 Å². The minimum absolute atomic E-state index is 0.0975. The molecule has 0 bridgehead atoms. The Morgan fingerprint density at radius 2 is 1.69 bits per heavy atom. The van der Waals surface area contributed by atoms with E-state index in [1.165, 1.54) is 0 Å². The number of nitrogens with zero attached hydrogens (tertiary/aromatic N) is 3. The molecule has 0 aromatic carbocycles. The summed E-state index contributed by atoms with van der Waals surface area (Å²) in [5.41, 5.74) is 5.90. The Labute approximate surface area is 91.2 Å². The highest BCUT2D eigenvalue weighted by Gasteiger charge is 2.14. The minimum atomic E-state index is 0.0975. The number of aromatic nitrogens is 1. The van der Waals surface area contributed by atoms with Crippen molar-refractivity contribution in [3.8, 4) is 12.1 Å². The molecule has 64 valence electrons. The zero-order chi connectivity index (χ0) is 10.0. The van der Waals surface area contributed by atoms with Crippen LogP contribution in [-0.2, 0) is 0 Å². The molecule has 0 atom stereocenters. The van der Waals surface area contributed by atoms with Gasteiger partial charge in [0.25, 0.3) is 0 Å². The average molecular weight is 302 g/mol. The molecular weight excluding hydrogens is 300 g/mol. The predicted molar refractivity (Wildman–Crippen MR) is 53.5 cm³/mol. The molecule has 2 N–H and O–H groups in total. The van der Waals surface area contributed by atoms with Crippen molar-refractivity contribution >= 4 is 37.7 Å². The van der Waals surface area contributed by atoms with Gasteiger partial charge in [-0.3, -0.25) is 0 Å². The van der Waals surface area contributed by atoms with E-state index in [0.717, 1.165) is 0 Å². The van der Waals surface area contributed by atoms with Gasteiger partial charge in [-0.2, -0.15) is 10.5 Å². The second-order valence-corrected chi connectivity index (χ2v) is 3.62. The van der Waals surface area contributed by atoms with Gasteiger partial charge >= 0.3 is 0 Å². The maximum Gasteiger partial charge on any atom is 0.143 e. The van der Waals surface area contributed by atoms with Crippen molar-refractivity contribution in [1.82, 2.24) is 4.98 Å². The molecule has 0 aliphatic rings. The summed E-state index contributed by atoms with van der Waals surface area (Å²) in [5.74, 6) is 0.0975. The SMILES string of the molecule is N#Cc1c(N)nc(Br)c(C#N)c1Br. The van der Waals surface area contributed by atoms with Crippen molar-refractivity contribution in [3.05, 3.63) is 20.2 Å². The third-order valence-corrected chi connectivity index (χ3v) is 2.71. The number of nitrogens with two attached hydrogens (primary N) is 1. The first-order chi connectivity index (χ1) is 6.11. The molecule has 0 saturated heterocycles. The van der Waals surface area contributed by atoms with Gasteiger partial charge in [-0.25, -0.2) is 4.98 Å². The van der Waals surface area contributed by atoms with Crippen LogP contribution in [-0.4, -0.2) is 4.98 Å². The van der Waals surface area contributed by atoms with Crippen molar-refractivity contribution in [1.29, 1.82) is 10.5 Å². The molecule has 0 aliphatic heterocycles. The monoisotopic (exact) mass is 300 g/mol. The summed E-state index contributed by atoms with van der Waals surface area (Å²) in [7, 11) is 0. The topological polar surface area (TPSA) is 86.5 Å². The van der Waals surface area contributed by atoms with Crippen LogP contribution >= 0.6 is 31.9 Å². The van der Waals surface area contributed by atoms with Crippen molar-refractivity contribution in [2.24, 2.45) is 0 Å². The molecule has 0 aliphatic carbocycles. The summed E-state index contributed by atoms with van der Waals surface area (Å²) >= 11 is 6.18. The smallest absolute Gasteiger partial charge is 0.143 e. The molecule has 1 aromatic rings. The third-order valence-electron chi connectivity index (χ3n) is 1.34. The van der Waals surface area contributed by atoms with Crippen molar-refractivity contribution in [2.45, 2.75) is 0 Å². The molecule has 1 aromatic heterocycles. The fourth-order valence-electron chi connectivity index (χ4n) is 0.747. The largest absolute Gasteiger partial charge is 0.383 e. The van der Waals surface area contributed by atoms with Crippen LogP contribution in [0.25, 0.3) is 0 Å². The Morgan fingerprint density at radius 1 is 1.15 bits per heavy atom. The van der Waals surface area contributed by atoms with Gasteiger partial charge in [0.15, 0.2) is 0 Å². The van der Waals surface area contributed by atoms with E-state index in [1.54, 1.807) is 0 Å². The molecule has 4 nitrogen and oxygen atoms in total. The Kier molecular flexibility index (Phi) is 2.86. The lowest BCUT2D eigenvalue weighted by atomic mass is 10.2. The first-order valence-corrected chi connectivity index (χ1v) is 4.65. The van der Waals surface area contributed by atoms with Crippen LogP contribution in [0.5, 0.6) is 0 Å². The summed E-state index contributed by atoms with van der Waals surface area (Å²) in [6.45, 7) is 0. The van der Waals surface area contributed by atoms with E-state index < -0.39 is 0 Å². The fourth-order valence-corrected chi connectivity index (χ4v) is 2.06. The Morgan fingerprint density at radius 3 is 2.15 bits per heavy atom. The Bertz CT molecular complexity index is 403. The molecule has 13 heavy (non-hydrogen) atoms. The van der Waals surface area contributed by atoms with Gasteiger partial charge in [-0.1, -0.05) is 0 Å². The van der Waals surface area contributed by atoms with E-state index in [1.807, 2.05) is 12.1 Å². The fraction of sp³-hybridized carbons (Fsp3) is 0. The van der Waals surface area contributed by atoms with Crippen molar-refractivity contribution in [2.75, 3.05) is 5.73 Å². The normalized spacial score (nSPS) is 8.92. The summed E-state index contributed by atoms with van der Waals surface area (Å²) in [6.07, 6.45) is 0. The quantitative estimate of drug-likeness (QED) is 0.742. The van der Waals surface area contributed by atoms with Crippen LogP contribution in [0.1, 0.15) is 11.1 Å². The van der Waals surface area contributed by atoms with Gasteiger partial charge in [0.05, 0.1) is 4.47 Å². The van der Waals surface area contributed by atoms with Gasteiger partial charge < -0.3 is 5.73 Å². The van der Waals surface area contributed by atoms with Crippen LogP contribution in [0.15, 0.2) is 9.08 Å². The summed E-state index contributed by atoms with van der Waals surface area (Å²) in [5, 5.41) is 17.4. The number of nitrogen functional groups attached to an aromatic ring is 1. The third kappa shape index (κ3) is 1.64. The molecule has 0 saturated carbocycles. The number of hydrogen-bond acceptors (Lipinski definition) is 4. The van der Waals surface area contributed by atoms with Gasteiger partial charge in [0, 0.05) is 0 Å². The molecule has 1 heterocycles. The molecule has 0 amide bonds. The van der Waals surface area contributed by atoms with Crippen molar-refractivity contribution < 1.29 is 0 Å². The number of nitriles is 2. The van der Waals surface area contributed by atoms with Crippen molar-refractivity contribution in [3.63, 3.8) is 0 Å². The number of hydrogen-bond donors (Lipinski definition) is 1. The van der Waals surface area contributed by atoms with Gasteiger partial charge in [0.1, 0.15) is 33.7 Å². The number of halogens is 2. The standard InChI is InChI=1S/C7H2Br2N4/c8-5-3(1-10)6(9)13-7(12)4(5)2-11/h(H2,12,13). The van der Waals surface area contributed by atoms with E-state index in [-0.39, 0.29) is 16.9 Å². The number of pyridine rings is 1. The zero-order valence-corrected chi connectivity index (χ0v) is 9.35. The first kappa shape index (κ1) is 9.97. The van der Waals surface area contributed by atoms with Crippen LogP contribution < -0.4 is 5.73 Å². The lowest BCUT2D eigenvalue weighted by Gasteiger charge is -2.02. The van der Waals surface area contributed by atoms with E-state index in [2.05, 4.69) is 36.8 Å². The lowest BCUT2D eigenvalue weighted by molar-refractivity contribution is 1.23. The maximum absolute atomic E-state index is 8.71. The van der Waals surface area contributed by atoms with Crippen LogP contribution in [0.2, 0.25) is 0 Å². The van der Waals surface area contributed by atoms with Gasteiger partial charge in [-0.05, 0) is 31.9 Å². The molecule has 0 fully saturated rings. The molecule has 0 unspecified atom stereocenters. The second kappa shape index (κ2) is 3.73. The second-order valence-electron chi connectivity index (χ2n) is 2.08. The highest BCUT2D eigenvalue weighted by Crippen LogP contribution is 2.29. The average Bonchev–Trinajstić information content (AvgIpc) is 2.04. The van der Waals surface area contributed by atoms with Crippen LogP contribution in [0.3, 0.4) is 0 Å². The van der Waals surface area contributed by atoms with E-state index in [9.17, 15) is 0 Å². The highest BCUT2D eigenvalue weighted by atomic mass is 79.9. The van der Waals surface area contributed by atoms with E-state index in [4.69, 9.17) is 16.3 Å². The highest BCUT2D eigenvalue weighted by molar-refractivity contribution is 9.11. The molecule has 1 rings (SSSR count). The number of anilines is 1. The predicted octanol–water partition coefficient (Wildman–Crippen LogP) is 1.93. The van der Waals surface area contributed by atoms with Crippen LogP contribution in [0, 0.1) is 22.7 Å². The summed E-state index contributed by atoms with van der Waals surface area (Å²) < 4.78 is 0.704. The molecule has 6 heteroatoms. The molecule has 0 radical (unpaired) electrons. The molecular formula is C7H2Br2N4. The first-order valence-electron chi connectivity index (χ1n) is 3.06. The minimum Gasteiger partial charge on any atom is -0.383 e. The number of rotatable bonds is 0. The summed E-state index contributed by atoms with van der Waals surface area (Å²) in [6, 6.07) is 3.76. The summed E-state index contributed by atoms with van der Waals surface area (Å²) in [4.78, 5) is 3.80. The lowest BCUT2D eigenvalue weighted by Crippen LogP contribution is -1.99. The Hall–Kier alpha value is -1.11. The maximum atomic E-state index is 8.71. The molecule has 0 spiro atoms. The van der Waals surface area contributed by atoms with Gasteiger partial charge in [0.2, 0.25) is 0 Å². The van der Waals surface area contributed by atoms with E-state index >= 15 is 0 Å².